The Bertz CT molecular complexity index is 912. The van der Waals surface area contributed by atoms with Gasteiger partial charge in [0.25, 0.3) is 0 Å². The number of rotatable bonds is 5. The normalized spacial score (nSPS) is 10.0. The first-order valence-corrected chi connectivity index (χ1v) is 8.36. The van der Waals surface area contributed by atoms with Crippen molar-refractivity contribution in [1.82, 2.24) is 0 Å². The van der Waals surface area contributed by atoms with Crippen LogP contribution in [0.1, 0.15) is 17.3 Å². The van der Waals surface area contributed by atoms with E-state index in [0.717, 1.165) is 11.8 Å². The quantitative estimate of drug-likeness (QED) is 0.612. The number of amides is 1. The minimum absolute atomic E-state index is 0.0445. The Morgan fingerprint density at radius 1 is 1.08 bits per heavy atom. The lowest BCUT2D eigenvalue weighted by Gasteiger charge is -2.04. The number of aromatic carboxylic acids is 1. The van der Waals surface area contributed by atoms with E-state index in [1.165, 1.54) is 24.3 Å². The Morgan fingerprint density at radius 3 is 2.46 bits per heavy atom. The molecule has 2 aromatic rings. The van der Waals surface area contributed by atoms with E-state index in [-0.39, 0.29) is 17.9 Å². The largest absolute Gasteiger partial charge is 0.478 e. The van der Waals surface area contributed by atoms with Gasteiger partial charge in [0.05, 0.1) is 17.9 Å². The van der Waals surface area contributed by atoms with E-state index in [9.17, 15) is 24.3 Å². The van der Waals surface area contributed by atoms with E-state index < -0.39 is 23.3 Å². The zero-order valence-electron chi connectivity index (χ0n) is 13.7. The highest BCUT2D eigenvalue weighted by molar-refractivity contribution is 7.99. The Balaban J connectivity index is 2.25. The van der Waals surface area contributed by atoms with Gasteiger partial charge < -0.3 is 15.2 Å². The molecule has 0 aliphatic heterocycles. The van der Waals surface area contributed by atoms with Crippen molar-refractivity contribution in [3.63, 3.8) is 0 Å². The second kappa shape index (κ2) is 8.82. The maximum absolute atomic E-state index is 12.0. The highest BCUT2D eigenvalue weighted by Gasteiger charge is 2.16. The number of benzene rings is 1. The van der Waals surface area contributed by atoms with Crippen molar-refractivity contribution >= 4 is 35.3 Å². The minimum Gasteiger partial charge on any atom is -0.478 e. The molecule has 2 N–H and O–H groups in total. The summed E-state index contributed by atoms with van der Waals surface area (Å²) in [5.41, 5.74) is -0.440. The number of carboxylic acids is 1. The summed E-state index contributed by atoms with van der Waals surface area (Å²) in [7, 11) is 0. The lowest BCUT2D eigenvalue weighted by Crippen LogP contribution is -2.27. The molecule has 0 fully saturated rings. The number of carbonyl (C=O) groups is 3. The van der Waals surface area contributed by atoms with Crippen LogP contribution in [0, 0.1) is 0 Å². The first kappa shape index (κ1) is 19.2. The van der Waals surface area contributed by atoms with Crippen molar-refractivity contribution in [2.75, 3.05) is 11.9 Å². The van der Waals surface area contributed by atoms with Gasteiger partial charge in [-0.05, 0) is 43.3 Å². The number of nitrogens with one attached hydrogen (secondary N) is 1. The second-order valence-corrected chi connectivity index (χ2v) is 6.04. The third-order valence-electron chi connectivity index (χ3n) is 3.13. The van der Waals surface area contributed by atoms with Crippen LogP contribution in [0.5, 0.6) is 0 Å². The van der Waals surface area contributed by atoms with Crippen molar-refractivity contribution in [3.8, 4) is 0 Å². The van der Waals surface area contributed by atoms with Crippen LogP contribution >= 0.6 is 11.8 Å². The van der Waals surface area contributed by atoms with Crippen LogP contribution in [0.25, 0.3) is 0 Å². The molecule has 0 bridgehead atoms. The van der Waals surface area contributed by atoms with Crippen molar-refractivity contribution in [2.45, 2.75) is 16.7 Å². The third-order valence-corrected chi connectivity index (χ3v) is 4.22. The summed E-state index contributed by atoms with van der Waals surface area (Å²) in [6, 6.07) is 12.1. The summed E-state index contributed by atoms with van der Waals surface area (Å²) in [6.07, 6.45) is 0. The van der Waals surface area contributed by atoms with Crippen molar-refractivity contribution in [3.05, 3.63) is 64.3 Å². The Labute approximate surface area is 153 Å². The molecule has 8 heteroatoms. The molecule has 0 aliphatic carbocycles. The number of carboxylic acid groups (broad SMARTS) is 1. The smallest absolute Gasteiger partial charge is 0.397 e. The SMILES string of the molecule is CCOC(=O)C(=O)Nc1ccc(Sc2ccccc2C(=O)O)ccc1=O. The Morgan fingerprint density at radius 2 is 1.77 bits per heavy atom. The number of hydrogen-bond donors (Lipinski definition) is 2. The molecule has 0 atom stereocenters. The molecule has 2 aromatic carbocycles. The average molecular weight is 373 g/mol. The van der Waals surface area contributed by atoms with Crippen LogP contribution in [0.3, 0.4) is 0 Å². The highest BCUT2D eigenvalue weighted by atomic mass is 32.2. The van der Waals surface area contributed by atoms with Gasteiger partial charge in [-0.1, -0.05) is 23.9 Å². The van der Waals surface area contributed by atoms with Gasteiger partial charge in [-0.15, -0.1) is 0 Å². The van der Waals surface area contributed by atoms with E-state index in [1.54, 1.807) is 31.2 Å². The van der Waals surface area contributed by atoms with Crippen LogP contribution < -0.4 is 10.7 Å². The third kappa shape index (κ3) is 4.93. The van der Waals surface area contributed by atoms with Gasteiger partial charge in [0.15, 0.2) is 0 Å². The van der Waals surface area contributed by atoms with E-state index in [2.05, 4.69) is 10.1 Å². The predicted octanol–water partition coefficient (Wildman–Crippen LogP) is 2.40. The fourth-order valence-corrected chi connectivity index (χ4v) is 2.89. The molecule has 0 aromatic heterocycles. The second-order valence-electron chi connectivity index (χ2n) is 4.92. The zero-order valence-corrected chi connectivity index (χ0v) is 14.5. The van der Waals surface area contributed by atoms with Crippen LogP contribution in [0.2, 0.25) is 0 Å². The van der Waals surface area contributed by atoms with E-state index in [4.69, 9.17) is 0 Å². The van der Waals surface area contributed by atoms with Gasteiger partial charge >= 0.3 is 17.8 Å². The highest BCUT2D eigenvalue weighted by Crippen LogP contribution is 2.30. The van der Waals surface area contributed by atoms with Crippen LogP contribution in [-0.4, -0.2) is 29.6 Å². The molecule has 0 saturated carbocycles. The molecule has 2 rings (SSSR count). The van der Waals surface area contributed by atoms with Crippen LogP contribution in [0.15, 0.2) is 63.1 Å². The van der Waals surface area contributed by atoms with Gasteiger partial charge in [0, 0.05) is 9.79 Å². The summed E-state index contributed by atoms with van der Waals surface area (Å²) >= 11 is 1.16. The van der Waals surface area contributed by atoms with Gasteiger partial charge in [0.2, 0.25) is 5.43 Å². The van der Waals surface area contributed by atoms with E-state index in [1.807, 2.05) is 0 Å². The zero-order chi connectivity index (χ0) is 19.1. The van der Waals surface area contributed by atoms with Crippen LogP contribution in [0.4, 0.5) is 5.69 Å². The fourth-order valence-electron chi connectivity index (χ4n) is 1.95. The molecule has 26 heavy (non-hydrogen) atoms. The standard InChI is InChI=1S/C18H15NO6S/c1-2-25-18(24)16(21)19-13-9-7-11(8-10-14(13)20)26-15-6-4-3-5-12(15)17(22)23/h3-10H,2H2,1H3,(H,22,23)(H,19,20,21). The van der Waals surface area contributed by atoms with Crippen molar-refractivity contribution < 1.29 is 24.2 Å². The molecule has 0 heterocycles. The number of ether oxygens (including phenoxy) is 1. The first-order chi connectivity index (χ1) is 12.4. The first-order valence-electron chi connectivity index (χ1n) is 7.55. The number of esters is 1. The lowest BCUT2D eigenvalue weighted by atomic mass is 10.2. The van der Waals surface area contributed by atoms with E-state index >= 15 is 0 Å². The number of anilines is 1. The monoisotopic (exact) mass is 373 g/mol. The fraction of sp³-hybridized carbons (Fsp3) is 0.111. The summed E-state index contributed by atoms with van der Waals surface area (Å²) in [5, 5.41) is 11.4. The average Bonchev–Trinajstić information content (AvgIpc) is 2.78. The van der Waals surface area contributed by atoms with Gasteiger partial charge in [-0.25, -0.2) is 9.59 Å². The van der Waals surface area contributed by atoms with Crippen LogP contribution in [-0.2, 0) is 14.3 Å². The van der Waals surface area contributed by atoms with Gasteiger partial charge in [-0.3, -0.25) is 9.59 Å². The molecular formula is C18H15NO6S. The topological polar surface area (TPSA) is 110 Å². The Hall–Kier alpha value is -3.13. The lowest BCUT2D eigenvalue weighted by molar-refractivity contribution is -0.152. The summed E-state index contributed by atoms with van der Waals surface area (Å²) in [4.78, 5) is 47.4. The van der Waals surface area contributed by atoms with Crippen molar-refractivity contribution in [1.29, 1.82) is 0 Å². The minimum atomic E-state index is -1.08. The van der Waals surface area contributed by atoms with E-state index in [0.29, 0.717) is 9.79 Å². The maximum atomic E-state index is 12.0. The van der Waals surface area contributed by atoms with Crippen molar-refractivity contribution in [2.24, 2.45) is 0 Å². The Kier molecular flexibility index (Phi) is 6.51. The molecule has 7 nitrogen and oxygen atoms in total. The summed E-state index contributed by atoms with van der Waals surface area (Å²) in [6.45, 7) is 1.61. The summed E-state index contributed by atoms with van der Waals surface area (Å²) < 4.78 is 4.56. The molecule has 0 spiro atoms. The molecule has 0 unspecified atom stereocenters. The van der Waals surface area contributed by atoms with Gasteiger partial charge in [-0.2, -0.15) is 0 Å². The van der Waals surface area contributed by atoms with Gasteiger partial charge in [0.1, 0.15) is 0 Å². The summed E-state index contributed by atoms with van der Waals surface area (Å²) in [5.74, 6) is -3.18. The number of hydrogen-bond acceptors (Lipinski definition) is 6. The molecule has 1 amide bonds. The molecule has 0 aliphatic rings. The molecule has 134 valence electrons. The maximum Gasteiger partial charge on any atom is 0.397 e. The molecular weight excluding hydrogens is 358 g/mol. The molecule has 0 saturated heterocycles. The number of carbonyl (C=O) groups excluding carboxylic acids is 2. The molecule has 0 radical (unpaired) electrons. The predicted molar refractivity (Wildman–Crippen MR) is 95.5 cm³/mol.